The summed E-state index contributed by atoms with van der Waals surface area (Å²) in [6.45, 7) is 2.94. The molecular formula is C22H18OS. The van der Waals surface area contributed by atoms with Crippen molar-refractivity contribution in [3.63, 3.8) is 0 Å². The molecule has 1 nitrogen and oxygen atoms in total. The minimum atomic E-state index is 0.792. The summed E-state index contributed by atoms with van der Waals surface area (Å²) in [5.74, 6) is 1.05. The van der Waals surface area contributed by atoms with E-state index in [0.29, 0.717) is 0 Å². The van der Waals surface area contributed by atoms with Crippen molar-refractivity contribution in [3.05, 3.63) is 65.7 Å². The second-order valence-corrected chi connectivity index (χ2v) is 7.41. The quantitative estimate of drug-likeness (QED) is 0.364. The predicted molar refractivity (Wildman–Crippen MR) is 100 cm³/mol. The number of ether oxygens (including phenoxy) is 1. The van der Waals surface area contributed by atoms with Crippen molar-refractivity contribution in [1.82, 2.24) is 0 Å². The van der Waals surface area contributed by atoms with Crippen molar-refractivity contribution >= 4 is 11.8 Å². The number of rotatable bonds is 4. The highest BCUT2D eigenvalue weighted by Crippen LogP contribution is 2.60. The van der Waals surface area contributed by atoms with Gasteiger partial charge in [-0.1, -0.05) is 61.2 Å². The first kappa shape index (κ1) is 14.2. The molecule has 0 spiro atoms. The molecule has 24 heavy (non-hydrogen) atoms. The molecule has 2 heteroatoms. The van der Waals surface area contributed by atoms with Gasteiger partial charge in [0, 0.05) is 4.90 Å². The van der Waals surface area contributed by atoms with Crippen molar-refractivity contribution in [2.45, 2.75) is 29.6 Å². The van der Waals surface area contributed by atoms with E-state index in [1.54, 1.807) is 0 Å². The molecule has 118 valence electrons. The lowest BCUT2D eigenvalue weighted by Gasteiger charge is -2.10. The zero-order valence-corrected chi connectivity index (χ0v) is 14.5. The standard InChI is InChI=1S/C22H18OS/c1-2-12-23-19-11-10-18(21-22(19)24-21)17-9-5-7-15-13-14-6-3-4-8-16(14)20(15)17/h3-11H,2,12-13H2,1H3. The molecule has 2 aliphatic rings. The molecule has 1 aliphatic carbocycles. The molecule has 0 amide bonds. The van der Waals surface area contributed by atoms with Gasteiger partial charge in [-0.15, -0.1) is 0 Å². The SMILES string of the molecule is CCCOc1ccc(-c2cccc3c2-c2ccccc2C3)c2c1S2. The van der Waals surface area contributed by atoms with E-state index in [0.717, 1.165) is 25.2 Å². The van der Waals surface area contributed by atoms with E-state index in [-0.39, 0.29) is 0 Å². The molecule has 1 heterocycles. The third-order valence-corrected chi connectivity index (χ3v) is 5.84. The van der Waals surface area contributed by atoms with E-state index in [9.17, 15) is 0 Å². The topological polar surface area (TPSA) is 9.23 Å². The Kier molecular flexibility index (Phi) is 3.20. The highest BCUT2D eigenvalue weighted by molar-refractivity contribution is 8.05. The van der Waals surface area contributed by atoms with Crippen LogP contribution < -0.4 is 4.74 Å². The Balaban J connectivity index is 1.63. The number of benzene rings is 3. The Labute approximate surface area is 146 Å². The summed E-state index contributed by atoms with van der Waals surface area (Å²) in [4.78, 5) is 2.71. The van der Waals surface area contributed by atoms with Gasteiger partial charge in [0.2, 0.25) is 0 Å². The third-order valence-electron chi connectivity index (χ3n) is 4.81. The van der Waals surface area contributed by atoms with E-state index in [1.807, 2.05) is 11.8 Å². The summed E-state index contributed by atoms with van der Waals surface area (Å²) in [5, 5.41) is 0. The molecule has 0 radical (unpaired) electrons. The lowest BCUT2D eigenvalue weighted by atomic mass is 9.94. The summed E-state index contributed by atoms with van der Waals surface area (Å²) in [7, 11) is 0. The fraction of sp³-hybridized carbons (Fsp3) is 0.182. The molecule has 3 aromatic rings. The normalized spacial score (nSPS) is 13.2. The summed E-state index contributed by atoms with van der Waals surface area (Å²) in [6, 6.07) is 19.9. The van der Waals surface area contributed by atoms with E-state index >= 15 is 0 Å². The van der Waals surface area contributed by atoms with Crippen LogP contribution in [0.4, 0.5) is 0 Å². The average molecular weight is 330 g/mol. The van der Waals surface area contributed by atoms with Gasteiger partial charge in [-0.2, -0.15) is 0 Å². The van der Waals surface area contributed by atoms with Crippen molar-refractivity contribution in [3.8, 4) is 28.0 Å². The average Bonchev–Trinajstić information content (AvgIpc) is 3.33. The van der Waals surface area contributed by atoms with Gasteiger partial charge in [-0.05, 0) is 58.4 Å². The Hall–Kier alpha value is -2.19. The minimum absolute atomic E-state index is 0.792. The van der Waals surface area contributed by atoms with E-state index < -0.39 is 0 Å². The van der Waals surface area contributed by atoms with Crippen LogP contribution in [0.25, 0.3) is 22.3 Å². The van der Waals surface area contributed by atoms with Crippen LogP contribution in [-0.2, 0) is 6.42 Å². The summed E-state index contributed by atoms with van der Waals surface area (Å²) in [6.07, 6.45) is 2.09. The first-order valence-electron chi connectivity index (χ1n) is 8.55. The van der Waals surface area contributed by atoms with Crippen LogP contribution in [0.15, 0.2) is 64.4 Å². The first-order valence-corrected chi connectivity index (χ1v) is 9.36. The fourth-order valence-corrected chi connectivity index (χ4v) is 4.56. The zero-order chi connectivity index (χ0) is 16.1. The zero-order valence-electron chi connectivity index (χ0n) is 13.6. The lowest BCUT2D eigenvalue weighted by Crippen LogP contribution is -1.94. The molecule has 0 atom stereocenters. The highest BCUT2D eigenvalue weighted by atomic mass is 32.2. The van der Waals surface area contributed by atoms with Gasteiger partial charge >= 0.3 is 0 Å². The molecule has 0 bridgehead atoms. The minimum Gasteiger partial charge on any atom is -0.492 e. The van der Waals surface area contributed by atoms with Crippen LogP contribution in [-0.4, -0.2) is 6.61 Å². The molecule has 0 unspecified atom stereocenters. The van der Waals surface area contributed by atoms with Gasteiger partial charge in [-0.25, -0.2) is 0 Å². The number of hydrogen-bond donors (Lipinski definition) is 0. The number of hydrogen-bond acceptors (Lipinski definition) is 2. The molecule has 5 rings (SSSR count). The summed E-state index contributed by atoms with van der Waals surface area (Å²) >= 11 is 1.86. The van der Waals surface area contributed by atoms with Gasteiger partial charge < -0.3 is 4.74 Å². The van der Waals surface area contributed by atoms with Gasteiger partial charge in [0.05, 0.1) is 11.5 Å². The molecular weight excluding hydrogens is 312 g/mol. The van der Waals surface area contributed by atoms with E-state index in [2.05, 4.69) is 61.5 Å². The molecule has 0 saturated carbocycles. The second kappa shape index (κ2) is 5.42. The van der Waals surface area contributed by atoms with Gasteiger partial charge in [0.25, 0.3) is 0 Å². The van der Waals surface area contributed by atoms with Crippen molar-refractivity contribution in [2.24, 2.45) is 0 Å². The molecule has 0 fully saturated rings. The van der Waals surface area contributed by atoms with Crippen LogP contribution in [0.5, 0.6) is 5.75 Å². The predicted octanol–water partition coefficient (Wildman–Crippen LogP) is 6.18. The monoisotopic (exact) mass is 330 g/mol. The maximum Gasteiger partial charge on any atom is 0.134 e. The van der Waals surface area contributed by atoms with Crippen molar-refractivity contribution in [1.29, 1.82) is 0 Å². The van der Waals surface area contributed by atoms with E-state index in [4.69, 9.17) is 4.74 Å². The Morgan fingerprint density at radius 1 is 0.833 bits per heavy atom. The largest absolute Gasteiger partial charge is 0.492 e. The summed E-state index contributed by atoms with van der Waals surface area (Å²) < 4.78 is 5.86. The van der Waals surface area contributed by atoms with E-state index in [1.165, 1.54) is 43.2 Å². The van der Waals surface area contributed by atoms with Crippen LogP contribution in [0.2, 0.25) is 0 Å². The smallest absolute Gasteiger partial charge is 0.134 e. The van der Waals surface area contributed by atoms with Crippen LogP contribution in [0, 0.1) is 0 Å². The molecule has 0 aromatic heterocycles. The van der Waals surface area contributed by atoms with Gasteiger partial charge in [0.1, 0.15) is 5.75 Å². The van der Waals surface area contributed by atoms with Crippen molar-refractivity contribution in [2.75, 3.05) is 6.61 Å². The Morgan fingerprint density at radius 2 is 1.67 bits per heavy atom. The molecule has 3 aromatic carbocycles. The molecule has 0 saturated heterocycles. The maximum atomic E-state index is 5.86. The number of fused-ring (bicyclic) bond motifs is 4. The molecule has 0 N–H and O–H groups in total. The van der Waals surface area contributed by atoms with Crippen LogP contribution in [0.1, 0.15) is 24.5 Å². The first-order chi connectivity index (χ1) is 11.9. The van der Waals surface area contributed by atoms with Gasteiger partial charge in [0.15, 0.2) is 0 Å². The lowest BCUT2D eigenvalue weighted by molar-refractivity contribution is 0.310. The fourth-order valence-electron chi connectivity index (χ4n) is 3.68. The Bertz CT molecular complexity index is 958. The molecule has 1 aliphatic heterocycles. The Morgan fingerprint density at radius 3 is 2.58 bits per heavy atom. The van der Waals surface area contributed by atoms with Crippen LogP contribution in [0.3, 0.4) is 0 Å². The van der Waals surface area contributed by atoms with Crippen molar-refractivity contribution < 1.29 is 4.74 Å². The van der Waals surface area contributed by atoms with Crippen LogP contribution >= 0.6 is 11.8 Å². The highest BCUT2D eigenvalue weighted by Gasteiger charge is 2.31. The maximum absolute atomic E-state index is 5.86. The summed E-state index contributed by atoms with van der Waals surface area (Å²) in [5.41, 5.74) is 8.42. The van der Waals surface area contributed by atoms with Gasteiger partial charge in [-0.3, -0.25) is 0 Å². The second-order valence-electron chi connectivity index (χ2n) is 6.39. The third kappa shape index (κ3) is 2.10.